The van der Waals surface area contributed by atoms with Gasteiger partial charge in [0.2, 0.25) is 0 Å². The van der Waals surface area contributed by atoms with Gasteiger partial charge >= 0.3 is 0 Å². The highest BCUT2D eigenvalue weighted by Crippen LogP contribution is 2.25. The zero-order valence-electron chi connectivity index (χ0n) is 10.3. The van der Waals surface area contributed by atoms with Crippen LogP contribution < -0.4 is 10.5 Å². The smallest absolute Gasteiger partial charge is 0.123 e. The molecular formula is C15H16FNO. The predicted molar refractivity (Wildman–Crippen MR) is 70.0 cm³/mol. The van der Waals surface area contributed by atoms with Crippen molar-refractivity contribution < 1.29 is 9.13 Å². The van der Waals surface area contributed by atoms with Crippen LogP contribution in [0.25, 0.3) is 0 Å². The van der Waals surface area contributed by atoms with Crippen LogP contribution in [0.4, 0.5) is 4.39 Å². The molecule has 0 saturated carbocycles. The summed E-state index contributed by atoms with van der Waals surface area (Å²) >= 11 is 0. The monoisotopic (exact) mass is 245 g/mol. The van der Waals surface area contributed by atoms with E-state index >= 15 is 0 Å². The zero-order chi connectivity index (χ0) is 13.0. The van der Waals surface area contributed by atoms with Gasteiger partial charge in [0.15, 0.2) is 0 Å². The topological polar surface area (TPSA) is 35.2 Å². The fourth-order valence-corrected chi connectivity index (χ4v) is 2.00. The van der Waals surface area contributed by atoms with Crippen LogP contribution >= 0.6 is 0 Å². The number of halogens is 1. The molecule has 0 aliphatic carbocycles. The molecule has 2 aromatic carbocycles. The molecule has 0 fully saturated rings. The highest BCUT2D eigenvalue weighted by atomic mass is 19.1. The van der Waals surface area contributed by atoms with E-state index in [2.05, 4.69) is 0 Å². The third-order valence-corrected chi connectivity index (χ3v) is 2.88. The van der Waals surface area contributed by atoms with Crippen molar-refractivity contribution in [3.05, 3.63) is 65.5 Å². The molecule has 2 rings (SSSR count). The Balaban J connectivity index is 2.19. The lowest BCUT2D eigenvalue weighted by atomic mass is 9.99. The SMILES string of the molecule is COc1ccccc1C(N)Cc1cccc(F)c1. The van der Waals surface area contributed by atoms with Crippen LogP contribution in [0.15, 0.2) is 48.5 Å². The Labute approximate surface area is 106 Å². The van der Waals surface area contributed by atoms with E-state index in [0.717, 1.165) is 16.9 Å². The number of hydrogen-bond donors (Lipinski definition) is 1. The first-order chi connectivity index (χ1) is 8.70. The minimum absolute atomic E-state index is 0.206. The summed E-state index contributed by atoms with van der Waals surface area (Å²) in [5.41, 5.74) is 7.97. The van der Waals surface area contributed by atoms with E-state index in [4.69, 9.17) is 10.5 Å². The Morgan fingerprint density at radius 2 is 1.94 bits per heavy atom. The molecule has 0 amide bonds. The molecule has 0 spiro atoms. The predicted octanol–water partition coefficient (Wildman–Crippen LogP) is 3.08. The molecule has 1 unspecified atom stereocenters. The minimum atomic E-state index is -0.236. The highest BCUT2D eigenvalue weighted by molar-refractivity contribution is 5.36. The Morgan fingerprint density at radius 3 is 2.67 bits per heavy atom. The van der Waals surface area contributed by atoms with Crippen molar-refractivity contribution >= 4 is 0 Å². The first-order valence-corrected chi connectivity index (χ1v) is 5.83. The Hall–Kier alpha value is -1.87. The maximum absolute atomic E-state index is 13.1. The zero-order valence-corrected chi connectivity index (χ0v) is 10.3. The molecule has 94 valence electrons. The number of nitrogens with two attached hydrogens (primary N) is 1. The van der Waals surface area contributed by atoms with Gasteiger partial charge in [-0.2, -0.15) is 0 Å². The summed E-state index contributed by atoms with van der Waals surface area (Å²) in [6, 6.07) is 13.9. The molecule has 18 heavy (non-hydrogen) atoms. The van der Waals surface area contributed by atoms with Crippen molar-refractivity contribution in [2.75, 3.05) is 7.11 Å². The average molecular weight is 245 g/mol. The summed E-state index contributed by atoms with van der Waals surface area (Å²) in [6.07, 6.45) is 0.581. The van der Waals surface area contributed by atoms with Crippen LogP contribution in [0, 0.1) is 5.82 Å². The standard InChI is InChI=1S/C15H16FNO/c1-18-15-8-3-2-7-13(15)14(17)10-11-5-4-6-12(16)9-11/h2-9,14H,10,17H2,1H3. The summed E-state index contributed by atoms with van der Waals surface area (Å²) in [4.78, 5) is 0. The van der Waals surface area contributed by atoms with E-state index in [9.17, 15) is 4.39 Å². The van der Waals surface area contributed by atoms with Crippen molar-refractivity contribution in [3.63, 3.8) is 0 Å². The molecule has 2 nitrogen and oxygen atoms in total. The van der Waals surface area contributed by atoms with Gasteiger partial charge in [-0.25, -0.2) is 4.39 Å². The van der Waals surface area contributed by atoms with Crippen LogP contribution in [-0.2, 0) is 6.42 Å². The van der Waals surface area contributed by atoms with Gasteiger partial charge in [0.05, 0.1) is 7.11 Å². The molecular weight excluding hydrogens is 229 g/mol. The fourth-order valence-electron chi connectivity index (χ4n) is 2.00. The summed E-state index contributed by atoms with van der Waals surface area (Å²) in [5, 5.41) is 0. The van der Waals surface area contributed by atoms with Crippen molar-refractivity contribution in [2.24, 2.45) is 5.73 Å². The van der Waals surface area contributed by atoms with E-state index in [0.29, 0.717) is 6.42 Å². The maximum atomic E-state index is 13.1. The van der Waals surface area contributed by atoms with Crippen molar-refractivity contribution in [1.82, 2.24) is 0 Å². The molecule has 1 atom stereocenters. The van der Waals surface area contributed by atoms with Gasteiger partial charge in [-0.05, 0) is 30.2 Å². The Morgan fingerprint density at radius 1 is 1.17 bits per heavy atom. The Bertz CT molecular complexity index is 527. The first-order valence-electron chi connectivity index (χ1n) is 5.83. The van der Waals surface area contributed by atoms with E-state index in [1.165, 1.54) is 12.1 Å². The number of methoxy groups -OCH3 is 1. The lowest BCUT2D eigenvalue weighted by Crippen LogP contribution is -2.14. The molecule has 2 N–H and O–H groups in total. The van der Waals surface area contributed by atoms with Gasteiger partial charge in [-0.1, -0.05) is 30.3 Å². The van der Waals surface area contributed by atoms with Gasteiger partial charge in [-0.3, -0.25) is 0 Å². The third kappa shape index (κ3) is 2.87. The quantitative estimate of drug-likeness (QED) is 0.898. The van der Waals surface area contributed by atoms with Gasteiger partial charge in [-0.15, -0.1) is 0 Å². The average Bonchev–Trinajstić information content (AvgIpc) is 2.38. The molecule has 0 aromatic heterocycles. The molecule has 0 saturated heterocycles. The van der Waals surface area contributed by atoms with Crippen LogP contribution in [0.5, 0.6) is 5.75 Å². The number of ether oxygens (including phenoxy) is 1. The minimum Gasteiger partial charge on any atom is -0.496 e. The van der Waals surface area contributed by atoms with E-state index in [1.54, 1.807) is 13.2 Å². The number of hydrogen-bond acceptors (Lipinski definition) is 2. The van der Waals surface area contributed by atoms with E-state index in [1.807, 2.05) is 30.3 Å². The highest BCUT2D eigenvalue weighted by Gasteiger charge is 2.12. The number of para-hydroxylation sites is 1. The molecule has 2 aromatic rings. The first kappa shape index (κ1) is 12.6. The van der Waals surface area contributed by atoms with Gasteiger partial charge < -0.3 is 10.5 Å². The third-order valence-electron chi connectivity index (χ3n) is 2.88. The van der Waals surface area contributed by atoms with Crippen LogP contribution in [0.3, 0.4) is 0 Å². The molecule has 0 radical (unpaired) electrons. The van der Waals surface area contributed by atoms with E-state index in [-0.39, 0.29) is 11.9 Å². The van der Waals surface area contributed by atoms with Crippen molar-refractivity contribution in [2.45, 2.75) is 12.5 Å². The second-order valence-corrected chi connectivity index (χ2v) is 4.18. The molecule has 3 heteroatoms. The summed E-state index contributed by atoms with van der Waals surface area (Å²) in [6.45, 7) is 0. The van der Waals surface area contributed by atoms with Crippen LogP contribution in [-0.4, -0.2) is 7.11 Å². The van der Waals surface area contributed by atoms with E-state index < -0.39 is 0 Å². The summed E-state index contributed by atoms with van der Waals surface area (Å²) in [5.74, 6) is 0.529. The fraction of sp³-hybridized carbons (Fsp3) is 0.200. The van der Waals surface area contributed by atoms with Gasteiger partial charge in [0.25, 0.3) is 0 Å². The summed E-state index contributed by atoms with van der Waals surface area (Å²) < 4.78 is 18.4. The number of benzene rings is 2. The number of rotatable bonds is 4. The van der Waals surface area contributed by atoms with Gasteiger partial charge in [0.1, 0.15) is 11.6 Å². The van der Waals surface area contributed by atoms with Crippen LogP contribution in [0.2, 0.25) is 0 Å². The second-order valence-electron chi connectivity index (χ2n) is 4.18. The molecule has 0 aliphatic heterocycles. The second kappa shape index (κ2) is 5.65. The van der Waals surface area contributed by atoms with Crippen molar-refractivity contribution in [1.29, 1.82) is 0 Å². The normalized spacial score (nSPS) is 12.2. The largest absolute Gasteiger partial charge is 0.496 e. The van der Waals surface area contributed by atoms with Gasteiger partial charge in [0, 0.05) is 11.6 Å². The molecule has 0 bridgehead atoms. The molecule has 0 heterocycles. The van der Waals surface area contributed by atoms with Crippen molar-refractivity contribution in [3.8, 4) is 5.75 Å². The molecule has 0 aliphatic rings. The lowest BCUT2D eigenvalue weighted by molar-refractivity contribution is 0.405. The summed E-state index contributed by atoms with van der Waals surface area (Å²) in [7, 11) is 1.62. The maximum Gasteiger partial charge on any atom is 0.123 e. The lowest BCUT2D eigenvalue weighted by Gasteiger charge is -2.15. The van der Waals surface area contributed by atoms with Crippen LogP contribution in [0.1, 0.15) is 17.2 Å². The Kier molecular flexibility index (Phi) is 3.95.